The molecule has 3 aromatic rings. The topological polar surface area (TPSA) is 114 Å². The van der Waals surface area contributed by atoms with Crippen LogP contribution in [0.5, 0.6) is 5.75 Å². The van der Waals surface area contributed by atoms with Crippen LogP contribution >= 0.6 is 0 Å². The number of rotatable bonds is 6. The second-order valence-corrected chi connectivity index (χ2v) is 10.5. The molecule has 0 radical (unpaired) electrons. The molecule has 2 aliphatic heterocycles. The van der Waals surface area contributed by atoms with Crippen molar-refractivity contribution in [2.45, 2.75) is 30.1 Å². The van der Waals surface area contributed by atoms with Crippen LogP contribution in [0, 0.1) is 0 Å². The van der Waals surface area contributed by atoms with Crippen molar-refractivity contribution >= 4 is 9.84 Å². The number of nitrogens with zero attached hydrogens (tertiary/aromatic N) is 4. The average Bonchev–Trinajstić information content (AvgIpc) is 3.43. The van der Waals surface area contributed by atoms with Gasteiger partial charge >= 0.3 is 0 Å². The van der Waals surface area contributed by atoms with Gasteiger partial charge in [-0.05, 0) is 30.2 Å². The Balaban J connectivity index is 1.32. The third kappa shape index (κ3) is 3.20. The van der Waals surface area contributed by atoms with Gasteiger partial charge in [0.25, 0.3) is 0 Å². The number of hydrogen-bond acceptors (Lipinski definition) is 8. The zero-order valence-corrected chi connectivity index (χ0v) is 17.4. The maximum Gasteiger partial charge on any atom is 0.231 e. The Labute approximate surface area is 174 Å². The van der Waals surface area contributed by atoms with Gasteiger partial charge in [0.2, 0.25) is 5.89 Å². The number of hydrogen-bond donors (Lipinski definition) is 1. The van der Waals surface area contributed by atoms with E-state index in [1.165, 1.54) is 0 Å². The second kappa shape index (κ2) is 7.21. The number of likely N-dealkylation sites (tertiary alicyclic amines) is 1. The summed E-state index contributed by atoms with van der Waals surface area (Å²) in [5, 5.41) is 11.0. The third-order valence-corrected chi connectivity index (χ3v) is 8.72. The van der Waals surface area contributed by atoms with Crippen molar-refractivity contribution in [2.24, 2.45) is 0 Å². The number of methoxy groups -OCH3 is 1. The minimum atomic E-state index is -3.23. The van der Waals surface area contributed by atoms with Crippen LogP contribution in [-0.4, -0.2) is 64.4 Å². The third-order valence-electron chi connectivity index (χ3n) is 6.17. The first-order valence-electron chi connectivity index (χ1n) is 9.87. The van der Waals surface area contributed by atoms with Gasteiger partial charge in [-0.1, -0.05) is 17.3 Å². The van der Waals surface area contributed by atoms with Crippen LogP contribution in [-0.2, 0) is 22.8 Å². The highest BCUT2D eigenvalue weighted by atomic mass is 32.2. The fourth-order valence-corrected chi connectivity index (χ4v) is 6.93. The molecule has 4 heterocycles. The molecule has 9 nitrogen and oxygen atoms in total. The van der Waals surface area contributed by atoms with Crippen LogP contribution in [0.2, 0.25) is 0 Å². The van der Waals surface area contributed by atoms with E-state index in [0.717, 1.165) is 17.0 Å². The van der Waals surface area contributed by atoms with Crippen LogP contribution in [0.1, 0.15) is 35.3 Å². The number of sulfone groups is 1. The van der Waals surface area contributed by atoms with Crippen molar-refractivity contribution in [1.82, 2.24) is 25.2 Å². The first-order valence-corrected chi connectivity index (χ1v) is 11.5. The molecule has 1 spiro atoms. The molecule has 0 aliphatic carbocycles. The first kappa shape index (κ1) is 19.3. The quantitative estimate of drug-likeness (QED) is 0.628. The van der Waals surface area contributed by atoms with E-state index in [1.54, 1.807) is 13.3 Å². The minimum absolute atomic E-state index is 0.158. The van der Waals surface area contributed by atoms with Crippen molar-refractivity contribution in [2.75, 3.05) is 26.0 Å². The van der Waals surface area contributed by atoms with Crippen LogP contribution in [0.3, 0.4) is 0 Å². The molecule has 1 aromatic carbocycles. The van der Waals surface area contributed by atoms with E-state index in [-0.39, 0.29) is 11.7 Å². The fraction of sp³-hybridized carbons (Fsp3) is 0.450. The summed E-state index contributed by atoms with van der Waals surface area (Å²) in [6.45, 7) is 1.58. The Morgan fingerprint density at radius 2 is 2.07 bits per heavy atom. The van der Waals surface area contributed by atoms with Crippen molar-refractivity contribution in [3.63, 3.8) is 0 Å². The molecule has 2 aromatic heterocycles. The van der Waals surface area contributed by atoms with Gasteiger partial charge in [-0.3, -0.25) is 10.00 Å². The lowest BCUT2D eigenvalue weighted by Gasteiger charge is -2.48. The highest BCUT2D eigenvalue weighted by Gasteiger charge is 2.63. The maximum atomic E-state index is 12.9. The van der Waals surface area contributed by atoms with E-state index in [2.05, 4.69) is 25.2 Å². The van der Waals surface area contributed by atoms with Gasteiger partial charge in [-0.25, -0.2) is 8.42 Å². The van der Waals surface area contributed by atoms with Gasteiger partial charge in [-0.2, -0.15) is 10.1 Å². The summed E-state index contributed by atoms with van der Waals surface area (Å²) < 4.78 is 35.7. The zero-order chi connectivity index (χ0) is 20.8. The predicted octanol–water partition coefficient (Wildman–Crippen LogP) is 1.55. The minimum Gasteiger partial charge on any atom is -0.497 e. The summed E-state index contributed by atoms with van der Waals surface area (Å²) in [6, 6.07) is 9.58. The number of nitrogens with one attached hydrogen (secondary N) is 1. The summed E-state index contributed by atoms with van der Waals surface area (Å²) >= 11 is 0. The summed E-state index contributed by atoms with van der Waals surface area (Å²) in [5.41, 5.74) is 2.00. The molecule has 0 saturated carbocycles. The number of H-pyrrole nitrogens is 1. The van der Waals surface area contributed by atoms with E-state index in [4.69, 9.17) is 9.26 Å². The molecule has 0 bridgehead atoms. The first-order chi connectivity index (χ1) is 14.5. The molecule has 158 valence electrons. The Morgan fingerprint density at radius 1 is 1.27 bits per heavy atom. The van der Waals surface area contributed by atoms with Crippen molar-refractivity contribution in [3.8, 4) is 5.75 Å². The fourth-order valence-electron chi connectivity index (χ4n) is 4.56. The van der Waals surface area contributed by atoms with Crippen LogP contribution < -0.4 is 4.74 Å². The van der Waals surface area contributed by atoms with Gasteiger partial charge in [0.1, 0.15) is 10.5 Å². The monoisotopic (exact) mass is 429 g/mol. The average molecular weight is 430 g/mol. The summed E-state index contributed by atoms with van der Waals surface area (Å²) in [4.78, 5) is 6.67. The normalized spacial score (nSPS) is 22.2. The van der Waals surface area contributed by atoms with Crippen LogP contribution in [0.15, 0.2) is 41.1 Å². The Morgan fingerprint density at radius 3 is 2.77 bits per heavy atom. The molecule has 5 rings (SSSR count). The Kier molecular flexibility index (Phi) is 4.62. The molecule has 30 heavy (non-hydrogen) atoms. The van der Waals surface area contributed by atoms with E-state index in [0.29, 0.717) is 44.2 Å². The van der Waals surface area contributed by atoms with E-state index in [1.807, 2.05) is 30.3 Å². The summed E-state index contributed by atoms with van der Waals surface area (Å²) in [7, 11) is -1.60. The summed E-state index contributed by atoms with van der Waals surface area (Å²) in [6.07, 6.45) is 2.74. The lowest BCUT2D eigenvalue weighted by molar-refractivity contribution is 0.0887. The smallest absolute Gasteiger partial charge is 0.231 e. The molecular formula is C20H23N5O4S. The van der Waals surface area contributed by atoms with E-state index < -0.39 is 14.6 Å². The number of aromatic nitrogens is 4. The largest absolute Gasteiger partial charge is 0.497 e. The molecule has 0 amide bonds. The molecule has 1 atom stereocenters. The van der Waals surface area contributed by atoms with Crippen LogP contribution in [0.25, 0.3) is 0 Å². The molecule has 2 saturated heterocycles. The Bertz CT molecular complexity index is 1120. The molecule has 2 aliphatic rings. The second-order valence-electron chi connectivity index (χ2n) is 8.03. The number of aromatic amines is 1. The molecule has 10 heteroatoms. The standard InChI is InChI=1S/C20H23N5O4S/c1-28-16-4-2-14(3-5-16)10-18-22-19(29-24-18)17-7-9-30(26,27)20(17)12-25(13-20)11-15-6-8-21-23-15/h2-6,8,17H,7,9-13H2,1H3,(H,21,23). The highest BCUT2D eigenvalue weighted by molar-refractivity contribution is 7.93. The Hall–Kier alpha value is -2.72. The lowest BCUT2D eigenvalue weighted by Crippen LogP contribution is -2.65. The van der Waals surface area contributed by atoms with Gasteiger partial charge in [-0.15, -0.1) is 0 Å². The van der Waals surface area contributed by atoms with E-state index >= 15 is 0 Å². The lowest BCUT2D eigenvalue weighted by atomic mass is 9.83. The van der Waals surface area contributed by atoms with Gasteiger partial charge in [0.05, 0.1) is 18.8 Å². The van der Waals surface area contributed by atoms with Crippen molar-refractivity contribution < 1.29 is 17.7 Å². The number of ether oxygens (including phenoxy) is 1. The molecule has 1 N–H and O–H groups in total. The molecule has 2 fully saturated rings. The highest BCUT2D eigenvalue weighted by Crippen LogP contribution is 2.49. The van der Waals surface area contributed by atoms with E-state index in [9.17, 15) is 8.42 Å². The van der Waals surface area contributed by atoms with Crippen LogP contribution in [0.4, 0.5) is 0 Å². The summed E-state index contributed by atoms with van der Waals surface area (Å²) in [5.74, 6) is 1.67. The van der Waals surface area contributed by atoms with Gasteiger partial charge in [0.15, 0.2) is 15.7 Å². The van der Waals surface area contributed by atoms with Crippen molar-refractivity contribution in [1.29, 1.82) is 0 Å². The maximum absolute atomic E-state index is 12.9. The van der Waals surface area contributed by atoms with Crippen molar-refractivity contribution in [3.05, 3.63) is 59.5 Å². The zero-order valence-electron chi connectivity index (χ0n) is 16.6. The molecule has 1 unspecified atom stereocenters. The SMILES string of the molecule is COc1ccc(Cc2noc(C3CCS(=O)(=O)C34CN(Cc3ccn[nH]3)C4)n2)cc1. The number of benzene rings is 1. The predicted molar refractivity (Wildman–Crippen MR) is 108 cm³/mol. The van der Waals surface area contributed by atoms with Gasteiger partial charge in [0, 0.05) is 37.9 Å². The molecular weight excluding hydrogens is 406 g/mol. The van der Waals surface area contributed by atoms with Gasteiger partial charge < -0.3 is 9.26 Å².